The Bertz CT molecular complexity index is 435. The number of hydrogen-bond donors (Lipinski definition) is 1. The van der Waals surface area contributed by atoms with Gasteiger partial charge in [-0.05, 0) is 44.7 Å². The van der Waals surface area contributed by atoms with Crippen molar-refractivity contribution >= 4 is 23.2 Å². The number of amides is 1. The van der Waals surface area contributed by atoms with Crippen LogP contribution in [0.5, 0.6) is 0 Å². The Labute approximate surface area is 113 Å². The monoisotopic (exact) mass is 266 g/mol. The fraction of sp³-hybridized carbons (Fsp3) is 0.500. The lowest BCUT2D eigenvalue weighted by Gasteiger charge is -2.27. The first kappa shape index (κ1) is 13.2. The van der Waals surface area contributed by atoms with Crippen LogP contribution in [0, 0.1) is 5.92 Å². The third-order valence-electron chi connectivity index (χ3n) is 3.30. The van der Waals surface area contributed by atoms with E-state index in [-0.39, 0.29) is 11.9 Å². The second-order valence-electron chi connectivity index (χ2n) is 5.20. The number of hydrogen-bond acceptors (Lipinski definition) is 2. The number of halogens is 1. The highest BCUT2D eigenvalue weighted by atomic mass is 35.5. The van der Waals surface area contributed by atoms with Crippen molar-refractivity contribution in [3.05, 3.63) is 28.8 Å². The summed E-state index contributed by atoms with van der Waals surface area (Å²) >= 11 is 6.10. The van der Waals surface area contributed by atoms with Crippen LogP contribution < -0.4 is 5.73 Å². The number of benzene rings is 1. The van der Waals surface area contributed by atoms with Gasteiger partial charge < -0.3 is 10.6 Å². The summed E-state index contributed by atoms with van der Waals surface area (Å²) in [6.07, 6.45) is 2.43. The van der Waals surface area contributed by atoms with Gasteiger partial charge in [0.15, 0.2) is 0 Å². The van der Waals surface area contributed by atoms with E-state index in [9.17, 15) is 4.79 Å². The molecule has 0 unspecified atom stereocenters. The zero-order valence-electron chi connectivity index (χ0n) is 10.8. The number of nitrogens with zero attached hydrogens (tertiary/aromatic N) is 1. The summed E-state index contributed by atoms with van der Waals surface area (Å²) in [5, 5.41) is 0.432. The number of nitrogen functional groups attached to an aromatic ring is 1. The van der Waals surface area contributed by atoms with Crippen LogP contribution in [0.1, 0.15) is 37.0 Å². The Kier molecular flexibility index (Phi) is 3.81. The first-order chi connectivity index (χ1) is 8.50. The maximum atomic E-state index is 12.6. The number of carbonyl (C=O) groups is 1. The number of anilines is 1. The molecule has 0 spiro atoms. The topological polar surface area (TPSA) is 46.3 Å². The maximum absolute atomic E-state index is 12.6. The molecule has 1 aliphatic carbocycles. The smallest absolute Gasteiger partial charge is 0.257 e. The molecule has 2 rings (SSSR count). The van der Waals surface area contributed by atoms with Gasteiger partial charge in [0.05, 0.1) is 10.6 Å². The molecule has 1 aliphatic rings. The van der Waals surface area contributed by atoms with Crippen LogP contribution >= 0.6 is 11.6 Å². The number of carbonyl (C=O) groups excluding carboxylic acids is 1. The van der Waals surface area contributed by atoms with Gasteiger partial charge in [0.2, 0.25) is 0 Å². The highest BCUT2D eigenvalue weighted by Crippen LogP contribution is 2.32. The van der Waals surface area contributed by atoms with Crippen LogP contribution in [0.25, 0.3) is 0 Å². The quantitative estimate of drug-likeness (QED) is 0.851. The van der Waals surface area contributed by atoms with Crippen LogP contribution in [0.3, 0.4) is 0 Å². The van der Waals surface area contributed by atoms with Gasteiger partial charge in [-0.3, -0.25) is 4.79 Å². The van der Waals surface area contributed by atoms with E-state index in [1.54, 1.807) is 18.2 Å². The zero-order valence-corrected chi connectivity index (χ0v) is 11.6. The summed E-state index contributed by atoms with van der Waals surface area (Å²) in [5.74, 6) is 0.597. The van der Waals surface area contributed by atoms with Gasteiger partial charge in [-0.2, -0.15) is 0 Å². The summed E-state index contributed by atoms with van der Waals surface area (Å²) in [7, 11) is 0. The SMILES string of the molecule is CC(C)N(CC1CC1)C(=O)c1c(N)cccc1Cl. The second kappa shape index (κ2) is 5.19. The Morgan fingerprint density at radius 1 is 1.50 bits per heavy atom. The Morgan fingerprint density at radius 3 is 2.67 bits per heavy atom. The van der Waals surface area contributed by atoms with Crippen molar-refractivity contribution < 1.29 is 4.79 Å². The van der Waals surface area contributed by atoms with E-state index in [0.717, 1.165) is 6.54 Å². The summed E-state index contributed by atoms with van der Waals surface area (Å²) < 4.78 is 0. The van der Waals surface area contributed by atoms with E-state index in [4.69, 9.17) is 17.3 Å². The molecular formula is C14H19ClN2O. The molecule has 2 N–H and O–H groups in total. The largest absolute Gasteiger partial charge is 0.398 e. The van der Waals surface area contributed by atoms with Crippen molar-refractivity contribution in [2.24, 2.45) is 5.92 Å². The van der Waals surface area contributed by atoms with E-state index < -0.39 is 0 Å². The maximum Gasteiger partial charge on any atom is 0.257 e. The van der Waals surface area contributed by atoms with E-state index in [1.807, 2.05) is 18.7 Å². The summed E-state index contributed by atoms with van der Waals surface area (Å²) in [6.45, 7) is 4.85. The van der Waals surface area contributed by atoms with Crippen molar-refractivity contribution in [3.8, 4) is 0 Å². The van der Waals surface area contributed by atoms with E-state index in [2.05, 4.69) is 0 Å². The standard InChI is InChI=1S/C14H19ClN2O/c1-9(2)17(8-10-6-7-10)14(18)13-11(15)4-3-5-12(13)16/h3-5,9-10H,6-8,16H2,1-2H3. The van der Waals surface area contributed by atoms with Gasteiger partial charge in [-0.25, -0.2) is 0 Å². The predicted molar refractivity (Wildman–Crippen MR) is 74.8 cm³/mol. The van der Waals surface area contributed by atoms with Crippen LogP contribution in [0.2, 0.25) is 5.02 Å². The summed E-state index contributed by atoms with van der Waals surface area (Å²) in [5.41, 5.74) is 6.77. The fourth-order valence-corrected chi connectivity index (χ4v) is 2.28. The minimum Gasteiger partial charge on any atom is -0.398 e. The van der Waals surface area contributed by atoms with Gasteiger partial charge in [-0.15, -0.1) is 0 Å². The normalized spacial score (nSPS) is 14.9. The molecule has 1 amide bonds. The van der Waals surface area contributed by atoms with Crippen LogP contribution in [-0.2, 0) is 0 Å². The second-order valence-corrected chi connectivity index (χ2v) is 5.61. The van der Waals surface area contributed by atoms with Crippen molar-refractivity contribution in [1.82, 2.24) is 4.90 Å². The molecule has 18 heavy (non-hydrogen) atoms. The number of rotatable bonds is 4. The van der Waals surface area contributed by atoms with Crippen molar-refractivity contribution in [3.63, 3.8) is 0 Å². The molecule has 4 heteroatoms. The first-order valence-electron chi connectivity index (χ1n) is 6.35. The highest BCUT2D eigenvalue weighted by molar-refractivity contribution is 6.34. The lowest BCUT2D eigenvalue weighted by atomic mass is 10.1. The minimum atomic E-state index is -0.0556. The Hall–Kier alpha value is -1.22. The minimum absolute atomic E-state index is 0.0556. The van der Waals surface area contributed by atoms with Crippen LogP contribution in [0.4, 0.5) is 5.69 Å². The third kappa shape index (κ3) is 2.78. The summed E-state index contributed by atoms with van der Waals surface area (Å²) in [6, 6.07) is 5.35. The molecule has 1 fully saturated rings. The first-order valence-corrected chi connectivity index (χ1v) is 6.73. The molecule has 1 aromatic rings. The van der Waals surface area contributed by atoms with Gasteiger partial charge in [0, 0.05) is 18.3 Å². The average Bonchev–Trinajstić information content (AvgIpc) is 3.08. The lowest BCUT2D eigenvalue weighted by Crippen LogP contribution is -2.39. The van der Waals surface area contributed by atoms with Crippen molar-refractivity contribution in [1.29, 1.82) is 0 Å². The molecule has 0 atom stereocenters. The molecule has 98 valence electrons. The Morgan fingerprint density at radius 2 is 2.17 bits per heavy atom. The molecule has 0 saturated heterocycles. The molecule has 3 nitrogen and oxygen atoms in total. The molecule has 0 bridgehead atoms. The molecular weight excluding hydrogens is 248 g/mol. The molecule has 0 aliphatic heterocycles. The van der Waals surface area contributed by atoms with Gasteiger partial charge >= 0.3 is 0 Å². The van der Waals surface area contributed by atoms with E-state index in [0.29, 0.717) is 22.2 Å². The van der Waals surface area contributed by atoms with Crippen LogP contribution in [0.15, 0.2) is 18.2 Å². The fourth-order valence-electron chi connectivity index (χ4n) is 2.02. The van der Waals surface area contributed by atoms with Gasteiger partial charge in [-0.1, -0.05) is 17.7 Å². The molecule has 0 aromatic heterocycles. The van der Waals surface area contributed by atoms with Crippen molar-refractivity contribution in [2.75, 3.05) is 12.3 Å². The molecule has 1 aromatic carbocycles. The number of nitrogens with two attached hydrogens (primary N) is 1. The lowest BCUT2D eigenvalue weighted by molar-refractivity contribution is 0.0697. The third-order valence-corrected chi connectivity index (χ3v) is 3.61. The van der Waals surface area contributed by atoms with Crippen LogP contribution in [-0.4, -0.2) is 23.4 Å². The summed E-state index contributed by atoms with van der Waals surface area (Å²) in [4.78, 5) is 14.4. The molecule has 0 radical (unpaired) electrons. The Balaban J connectivity index is 2.26. The molecule has 1 saturated carbocycles. The van der Waals surface area contributed by atoms with E-state index >= 15 is 0 Å². The van der Waals surface area contributed by atoms with Gasteiger partial charge in [0.1, 0.15) is 0 Å². The van der Waals surface area contributed by atoms with Gasteiger partial charge in [0.25, 0.3) is 5.91 Å². The van der Waals surface area contributed by atoms with Crippen molar-refractivity contribution in [2.45, 2.75) is 32.7 Å². The average molecular weight is 267 g/mol. The predicted octanol–water partition coefficient (Wildman–Crippen LogP) is 3.18. The highest BCUT2D eigenvalue weighted by Gasteiger charge is 2.30. The molecule has 0 heterocycles. The van der Waals surface area contributed by atoms with E-state index in [1.165, 1.54) is 12.8 Å². The zero-order chi connectivity index (χ0) is 13.3.